The van der Waals surface area contributed by atoms with Gasteiger partial charge in [0.25, 0.3) is 0 Å². The summed E-state index contributed by atoms with van der Waals surface area (Å²) in [4.78, 5) is 42.8. The molecule has 0 aliphatic rings. The van der Waals surface area contributed by atoms with Crippen LogP contribution in [0.1, 0.15) is 127 Å². The van der Waals surface area contributed by atoms with Crippen LogP contribution in [0, 0.1) is 32.6 Å². The number of hydrogen-bond donors (Lipinski definition) is 4. The standard InChI is InChI=1S/2C8H17NO.C7H8O.C6H7N.C5H6N2.C4H11N.C3H6O.2C2H6/c2*1-6(2)8(10)5-9-7(3)4;1-6-2-4-7(8)5-3-6;1-6-3-2-4-7-5-6;1-5-2-6-4-7-3-5;1-4(2)5-3;1-3(2)4;2*1-2/h2*6-7,9H,5H2,1-4H3;2-5,8H,1H3;2-5H,1H3;2-4H,1H3;4-5H,1-3H3;1-2H3;2*1-2H3. The lowest BCUT2D eigenvalue weighted by Crippen LogP contribution is -2.31. The number of benzene rings is 1. The van der Waals surface area contributed by atoms with E-state index in [-0.39, 0.29) is 29.2 Å². The highest BCUT2D eigenvalue weighted by Gasteiger charge is 2.06. The number of ketones is 3. The second-order valence-corrected chi connectivity index (χ2v) is 13.4. The topological polar surface area (TPSA) is 146 Å². The molecule has 3 rings (SSSR count). The van der Waals surface area contributed by atoms with Crippen molar-refractivity contribution in [1.82, 2.24) is 30.9 Å². The molecule has 3 aromatic rings. The fourth-order valence-corrected chi connectivity index (χ4v) is 2.38. The van der Waals surface area contributed by atoms with Gasteiger partial charge in [0, 0.05) is 54.7 Å². The lowest BCUT2D eigenvalue weighted by molar-refractivity contribution is -0.121. The van der Waals surface area contributed by atoms with Crippen LogP contribution in [0.2, 0.25) is 0 Å². The molecule has 2 heterocycles. The quantitative estimate of drug-likeness (QED) is 0.166. The molecule has 0 amide bonds. The van der Waals surface area contributed by atoms with Gasteiger partial charge >= 0.3 is 0 Å². The minimum absolute atomic E-state index is 0.159. The van der Waals surface area contributed by atoms with Gasteiger partial charge in [-0.1, -0.05) is 121 Å². The summed E-state index contributed by atoms with van der Waals surface area (Å²) in [6.07, 6.45) is 8.67. The fourth-order valence-electron chi connectivity index (χ4n) is 2.38. The van der Waals surface area contributed by atoms with Gasteiger partial charge in [-0.15, -0.1) is 0 Å². The Labute approximate surface area is 338 Å². The van der Waals surface area contributed by atoms with E-state index in [0.29, 0.717) is 37.0 Å². The molecule has 0 spiro atoms. The van der Waals surface area contributed by atoms with E-state index in [1.165, 1.54) is 31.3 Å². The number of pyridine rings is 1. The first-order valence-electron chi connectivity index (χ1n) is 19.7. The highest BCUT2D eigenvalue weighted by molar-refractivity contribution is 5.82. The monoisotopic (exact) mass is 773 g/mol. The van der Waals surface area contributed by atoms with Crippen molar-refractivity contribution in [3.63, 3.8) is 0 Å². The summed E-state index contributed by atoms with van der Waals surface area (Å²) in [5.41, 5.74) is 3.48. The average molecular weight is 773 g/mol. The number of hydrogen-bond acceptors (Lipinski definition) is 10. The summed E-state index contributed by atoms with van der Waals surface area (Å²) in [5, 5.41) is 17.9. The third kappa shape index (κ3) is 65.4. The first kappa shape index (κ1) is 63.1. The molecule has 0 aliphatic heterocycles. The van der Waals surface area contributed by atoms with E-state index >= 15 is 0 Å². The van der Waals surface area contributed by atoms with Crippen molar-refractivity contribution in [1.29, 1.82) is 0 Å². The first-order chi connectivity index (χ1) is 25.7. The van der Waals surface area contributed by atoms with Crippen molar-refractivity contribution in [3.05, 3.63) is 84.2 Å². The zero-order valence-electron chi connectivity index (χ0n) is 38.7. The summed E-state index contributed by atoms with van der Waals surface area (Å²) in [6, 6.07) is 12.5. The minimum Gasteiger partial charge on any atom is -0.508 e. The lowest BCUT2D eigenvalue weighted by atomic mass is 10.1. The summed E-state index contributed by atoms with van der Waals surface area (Å²) in [5.74, 6) is 1.38. The molecule has 0 bridgehead atoms. The van der Waals surface area contributed by atoms with Crippen LogP contribution in [0.15, 0.2) is 67.5 Å². The van der Waals surface area contributed by atoms with Crippen molar-refractivity contribution >= 4 is 17.3 Å². The number of rotatable bonds is 9. The Morgan fingerprint density at radius 2 is 0.927 bits per heavy atom. The number of aromatic nitrogens is 3. The van der Waals surface area contributed by atoms with Crippen LogP contribution in [-0.2, 0) is 14.4 Å². The van der Waals surface area contributed by atoms with E-state index in [1.54, 1.807) is 30.7 Å². The Bertz CT molecular complexity index is 1130. The summed E-state index contributed by atoms with van der Waals surface area (Å²) >= 11 is 0. The SMILES string of the molecule is CC.CC.CC(C)=O.CC(C)NCC(=O)C(C)C.CC(C)NCC(=O)C(C)C.CNC(C)C.Cc1ccc(O)cc1.Cc1cccnc1.Cc1cncnc1. The Hall–Kier alpha value is -3.86. The van der Waals surface area contributed by atoms with Crippen LogP contribution < -0.4 is 16.0 Å². The molecule has 0 aliphatic carbocycles. The van der Waals surface area contributed by atoms with Crippen molar-refractivity contribution < 1.29 is 19.5 Å². The van der Waals surface area contributed by atoms with E-state index in [0.717, 1.165) is 5.56 Å². The number of carbonyl (C=O) groups is 3. The van der Waals surface area contributed by atoms with E-state index in [9.17, 15) is 14.4 Å². The van der Waals surface area contributed by atoms with Crippen LogP contribution in [0.5, 0.6) is 5.75 Å². The maximum atomic E-state index is 11.0. The van der Waals surface area contributed by atoms with E-state index in [1.807, 2.05) is 141 Å². The van der Waals surface area contributed by atoms with Gasteiger partial charge in [-0.05, 0) is 71.0 Å². The molecule has 0 fully saturated rings. The van der Waals surface area contributed by atoms with Gasteiger partial charge < -0.3 is 25.9 Å². The maximum absolute atomic E-state index is 11.0. The van der Waals surface area contributed by atoms with Gasteiger partial charge in [-0.25, -0.2) is 9.97 Å². The van der Waals surface area contributed by atoms with Crippen molar-refractivity contribution in [3.8, 4) is 5.75 Å². The molecule has 0 saturated carbocycles. The molecule has 0 saturated heterocycles. The summed E-state index contributed by atoms with van der Waals surface area (Å²) < 4.78 is 0. The number of aryl methyl sites for hydroxylation is 3. The van der Waals surface area contributed by atoms with Gasteiger partial charge in [-0.3, -0.25) is 14.6 Å². The normalized spacial score (nSPS) is 9.11. The Morgan fingerprint density at radius 3 is 1.11 bits per heavy atom. The number of phenols is 1. The highest BCUT2D eigenvalue weighted by Crippen LogP contribution is 2.07. The van der Waals surface area contributed by atoms with Gasteiger partial charge in [-0.2, -0.15) is 0 Å². The minimum atomic E-state index is 0.159. The number of nitrogens with one attached hydrogen (secondary N) is 3. The summed E-state index contributed by atoms with van der Waals surface area (Å²) in [6.45, 7) is 38.1. The van der Waals surface area contributed by atoms with E-state index < -0.39 is 0 Å². The Morgan fingerprint density at radius 1 is 0.582 bits per heavy atom. The molecule has 0 atom stereocenters. The average Bonchev–Trinajstić information content (AvgIpc) is 3.14. The van der Waals surface area contributed by atoms with Crippen molar-refractivity contribution in [2.45, 2.75) is 150 Å². The van der Waals surface area contributed by atoms with Crippen LogP contribution in [-0.4, -0.2) is 75.7 Å². The van der Waals surface area contributed by atoms with Crippen LogP contribution in [0.25, 0.3) is 0 Å². The molecular weight excluding hydrogens is 689 g/mol. The van der Waals surface area contributed by atoms with Gasteiger partial charge in [0.15, 0.2) is 0 Å². The predicted octanol–water partition coefficient (Wildman–Crippen LogP) is 9.56. The molecule has 10 nitrogen and oxygen atoms in total. The van der Waals surface area contributed by atoms with Gasteiger partial charge in [0.05, 0.1) is 13.1 Å². The number of phenolic OH excluding ortho intramolecular Hbond substituents is 1. The molecule has 0 unspecified atom stereocenters. The largest absolute Gasteiger partial charge is 0.508 e. The smallest absolute Gasteiger partial charge is 0.149 e. The number of nitrogens with zero attached hydrogens (tertiary/aromatic N) is 3. The zero-order valence-corrected chi connectivity index (χ0v) is 38.7. The Kier molecular flexibility index (Phi) is 53.1. The maximum Gasteiger partial charge on any atom is 0.149 e. The molecule has 4 N–H and O–H groups in total. The van der Waals surface area contributed by atoms with Crippen molar-refractivity contribution in [2.24, 2.45) is 11.8 Å². The molecule has 10 heteroatoms. The fraction of sp³-hybridized carbons (Fsp3) is 0.600. The predicted molar refractivity (Wildman–Crippen MR) is 238 cm³/mol. The molecule has 318 valence electrons. The number of carbonyl (C=O) groups excluding carboxylic acids is 3. The second-order valence-electron chi connectivity index (χ2n) is 13.4. The Balaban J connectivity index is -0.000000127. The van der Waals surface area contributed by atoms with Gasteiger partial charge in [0.2, 0.25) is 0 Å². The second kappa shape index (κ2) is 46.3. The first-order valence-corrected chi connectivity index (χ1v) is 19.7. The number of Topliss-reactive ketones (excluding diaryl/α,β-unsaturated/α-hetero) is 3. The number of aromatic hydroxyl groups is 1. The van der Waals surface area contributed by atoms with Crippen molar-refractivity contribution in [2.75, 3.05) is 20.1 Å². The van der Waals surface area contributed by atoms with Gasteiger partial charge in [0.1, 0.15) is 29.4 Å². The lowest BCUT2D eigenvalue weighted by Gasteiger charge is -2.08. The van der Waals surface area contributed by atoms with Crippen LogP contribution in [0.3, 0.4) is 0 Å². The molecule has 0 radical (unpaired) electrons. The summed E-state index contributed by atoms with van der Waals surface area (Å²) in [7, 11) is 1.95. The zero-order chi connectivity index (χ0) is 44.4. The molecule has 55 heavy (non-hydrogen) atoms. The molecule has 2 aromatic heterocycles. The molecule has 1 aromatic carbocycles. The molecular formula is C45H84N6O4. The van der Waals surface area contributed by atoms with Crippen LogP contribution >= 0.6 is 0 Å². The third-order valence-corrected chi connectivity index (χ3v) is 5.77. The van der Waals surface area contributed by atoms with E-state index in [2.05, 4.69) is 44.7 Å². The highest BCUT2D eigenvalue weighted by atomic mass is 16.3. The van der Waals surface area contributed by atoms with E-state index in [4.69, 9.17) is 5.11 Å². The third-order valence-electron chi connectivity index (χ3n) is 5.77. The van der Waals surface area contributed by atoms with Crippen LogP contribution in [0.4, 0.5) is 0 Å².